The molecule has 19 heavy (non-hydrogen) atoms. The highest BCUT2D eigenvalue weighted by atomic mass is 35.5. The molecule has 2 aromatic carbocycles. The maximum Gasteiger partial charge on any atom is 0.223 e. The van der Waals surface area contributed by atoms with Crippen LogP contribution in [0.15, 0.2) is 53.1 Å². The van der Waals surface area contributed by atoms with Gasteiger partial charge in [-0.2, -0.15) is 4.98 Å². The Labute approximate surface area is 115 Å². The van der Waals surface area contributed by atoms with Crippen LogP contribution in [0.25, 0.3) is 22.5 Å². The van der Waals surface area contributed by atoms with Crippen molar-refractivity contribution in [2.45, 2.75) is 6.92 Å². The summed E-state index contributed by atoms with van der Waals surface area (Å²) in [6, 6.07) is 15.8. The van der Waals surface area contributed by atoms with Crippen molar-refractivity contribution in [3.05, 3.63) is 59.4 Å². The fraction of sp³-hybridized carbons (Fsp3) is 0.0667. The third-order valence-electron chi connectivity index (χ3n) is 2.84. The Hall–Kier alpha value is -2.13. The highest BCUT2D eigenvalue weighted by Gasteiger charge is 2.09. The summed E-state index contributed by atoms with van der Waals surface area (Å²) < 4.78 is 4.97. The minimum atomic E-state index is 0.540. The van der Waals surface area contributed by atoms with Crippen molar-refractivity contribution in [2.75, 3.05) is 0 Å². The summed E-state index contributed by atoms with van der Waals surface area (Å²) in [5, 5.41) is 4.56. The van der Waals surface area contributed by atoms with Gasteiger partial charge in [-0.05, 0) is 11.6 Å². The number of benzene rings is 2. The van der Waals surface area contributed by atoms with Gasteiger partial charge in [-0.15, -0.1) is 0 Å². The van der Waals surface area contributed by atoms with Crippen molar-refractivity contribution in [3.8, 4) is 22.5 Å². The van der Waals surface area contributed by atoms with Crippen LogP contribution in [0, 0.1) is 6.92 Å². The van der Waals surface area contributed by atoms with Crippen molar-refractivity contribution in [2.24, 2.45) is 0 Å². The zero-order chi connectivity index (χ0) is 13.2. The van der Waals surface area contributed by atoms with E-state index in [0.29, 0.717) is 16.7 Å². The number of halogens is 1. The quantitative estimate of drug-likeness (QED) is 0.694. The summed E-state index contributed by atoms with van der Waals surface area (Å²) in [7, 11) is 0. The Morgan fingerprint density at radius 1 is 1.00 bits per heavy atom. The molecule has 0 aliphatic heterocycles. The van der Waals surface area contributed by atoms with Crippen molar-refractivity contribution < 1.29 is 4.52 Å². The van der Waals surface area contributed by atoms with Gasteiger partial charge in [0.05, 0.1) is 0 Å². The fourth-order valence-electron chi connectivity index (χ4n) is 1.92. The first kappa shape index (κ1) is 11.9. The number of hydrogen-bond acceptors (Lipinski definition) is 3. The molecule has 0 N–H and O–H groups in total. The topological polar surface area (TPSA) is 38.9 Å². The van der Waals surface area contributed by atoms with Gasteiger partial charge in [0.15, 0.2) is 0 Å². The van der Waals surface area contributed by atoms with Gasteiger partial charge < -0.3 is 4.52 Å². The molecule has 4 heteroatoms. The molecular formula is C15H11ClN2O. The van der Waals surface area contributed by atoms with Gasteiger partial charge in [0.25, 0.3) is 0 Å². The van der Waals surface area contributed by atoms with Crippen molar-refractivity contribution in [3.63, 3.8) is 0 Å². The van der Waals surface area contributed by atoms with Crippen LogP contribution < -0.4 is 0 Å². The molecule has 3 nitrogen and oxygen atoms in total. The molecule has 0 saturated heterocycles. The summed E-state index contributed by atoms with van der Waals surface area (Å²) in [6.45, 7) is 1.76. The number of hydrogen-bond donors (Lipinski definition) is 0. The largest absolute Gasteiger partial charge is 0.339 e. The molecule has 0 radical (unpaired) electrons. The zero-order valence-electron chi connectivity index (χ0n) is 10.3. The highest BCUT2D eigenvalue weighted by molar-refractivity contribution is 6.33. The van der Waals surface area contributed by atoms with Crippen LogP contribution in [-0.2, 0) is 0 Å². The first-order valence-electron chi connectivity index (χ1n) is 5.90. The molecule has 0 bridgehead atoms. The summed E-state index contributed by atoms with van der Waals surface area (Å²) in [5.74, 6) is 1.09. The van der Waals surface area contributed by atoms with Gasteiger partial charge in [0.2, 0.25) is 11.7 Å². The van der Waals surface area contributed by atoms with E-state index in [4.69, 9.17) is 16.1 Å². The summed E-state index contributed by atoms with van der Waals surface area (Å²) in [4.78, 5) is 4.19. The predicted molar refractivity (Wildman–Crippen MR) is 74.9 cm³/mol. The van der Waals surface area contributed by atoms with Crippen molar-refractivity contribution in [1.29, 1.82) is 0 Å². The second-order valence-electron chi connectivity index (χ2n) is 4.20. The van der Waals surface area contributed by atoms with Crippen LogP contribution in [0.1, 0.15) is 5.89 Å². The lowest BCUT2D eigenvalue weighted by Crippen LogP contribution is -1.84. The van der Waals surface area contributed by atoms with E-state index >= 15 is 0 Å². The minimum Gasteiger partial charge on any atom is -0.339 e. The second-order valence-corrected chi connectivity index (χ2v) is 4.60. The van der Waals surface area contributed by atoms with Gasteiger partial charge in [0.1, 0.15) is 0 Å². The third kappa shape index (κ3) is 2.37. The lowest BCUT2D eigenvalue weighted by atomic mass is 10.0. The highest BCUT2D eigenvalue weighted by Crippen LogP contribution is 2.31. The number of aryl methyl sites for hydroxylation is 1. The Morgan fingerprint density at radius 3 is 2.42 bits per heavy atom. The first-order chi connectivity index (χ1) is 9.24. The Balaban J connectivity index is 2.03. The van der Waals surface area contributed by atoms with Crippen LogP contribution in [0.5, 0.6) is 0 Å². The van der Waals surface area contributed by atoms with Crippen molar-refractivity contribution in [1.82, 2.24) is 10.1 Å². The van der Waals surface area contributed by atoms with E-state index in [9.17, 15) is 0 Å². The first-order valence-corrected chi connectivity index (χ1v) is 6.27. The maximum atomic E-state index is 6.33. The molecular weight excluding hydrogens is 260 g/mol. The predicted octanol–water partition coefficient (Wildman–Crippen LogP) is 4.37. The average Bonchev–Trinajstić information content (AvgIpc) is 2.86. The maximum absolute atomic E-state index is 6.33. The smallest absolute Gasteiger partial charge is 0.223 e. The Morgan fingerprint density at radius 2 is 1.79 bits per heavy atom. The van der Waals surface area contributed by atoms with Gasteiger partial charge in [0, 0.05) is 23.1 Å². The Kier molecular flexibility index (Phi) is 3.05. The van der Waals surface area contributed by atoms with E-state index < -0.39 is 0 Å². The van der Waals surface area contributed by atoms with Crippen molar-refractivity contribution >= 4 is 11.6 Å². The summed E-state index contributed by atoms with van der Waals surface area (Å²) in [5.41, 5.74) is 2.93. The van der Waals surface area contributed by atoms with Gasteiger partial charge in [-0.25, -0.2) is 0 Å². The molecule has 0 amide bonds. The molecule has 0 unspecified atom stereocenters. The molecule has 0 fully saturated rings. The SMILES string of the molecule is Cc1nc(-c2ccc(-c3ccccc3)c(Cl)c2)no1. The molecule has 1 heterocycles. The van der Waals surface area contributed by atoms with E-state index in [1.54, 1.807) is 6.92 Å². The molecule has 3 rings (SSSR count). The second kappa shape index (κ2) is 4.86. The standard InChI is InChI=1S/C15H11ClN2O/c1-10-17-15(18-19-10)12-7-8-13(14(16)9-12)11-5-3-2-4-6-11/h2-9H,1H3. The zero-order valence-corrected chi connectivity index (χ0v) is 11.1. The lowest BCUT2D eigenvalue weighted by molar-refractivity contribution is 0.394. The molecule has 3 aromatic rings. The summed E-state index contributed by atoms with van der Waals surface area (Å²) >= 11 is 6.33. The van der Waals surface area contributed by atoms with E-state index in [1.165, 1.54) is 0 Å². The normalized spacial score (nSPS) is 10.6. The van der Waals surface area contributed by atoms with E-state index in [0.717, 1.165) is 16.7 Å². The van der Waals surface area contributed by atoms with Crippen LogP contribution >= 0.6 is 11.6 Å². The number of nitrogens with zero attached hydrogens (tertiary/aromatic N) is 2. The van der Waals surface area contributed by atoms with Crippen LogP contribution in [0.2, 0.25) is 5.02 Å². The molecule has 0 spiro atoms. The van der Waals surface area contributed by atoms with Gasteiger partial charge in [-0.3, -0.25) is 0 Å². The third-order valence-corrected chi connectivity index (χ3v) is 3.15. The van der Waals surface area contributed by atoms with Crippen LogP contribution in [0.3, 0.4) is 0 Å². The van der Waals surface area contributed by atoms with E-state index in [-0.39, 0.29) is 0 Å². The van der Waals surface area contributed by atoms with Crippen LogP contribution in [0.4, 0.5) is 0 Å². The summed E-state index contributed by atoms with van der Waals surface area (Å²) in [6.07, 6.45) is 0. The molecule has 0 atom stereocenters. The van der Waals surface area contributed by atoms with E-state index in [1.807, 2.05) is 48.5 Å². The molecule has 94 valence electrons. The molecule has 0 aliphatic rings. The molecule has 0 aliphatic carbocycles. The molecule has 0 saturated carbocycles. The van der Waals surface area contributed by atoms with E-state index in [2.05, 4.69) is 10.1 Å². The van der Waals surface area contributed by atoms with Gasteiger partial charge >= 0.3 is 0 Å². The monoisotopic (exact) mass is 270 g/mol. The number of aromatic nitrogens is 2. The average molecular weight is 271 g/mol. The molecule has 1 aromatic heterocycles. The van der Waals surface area contributed by atoms with Gasteiger partial charge in [-0.1, -0.05) is 59.2 Å². The lowest BCUT2D eigenvalue weighted by Gasteiger charge is -2.05. The van der Waals surface area contributed by atoms with Crippen LogP contribution in [-0.4, -0.2) is 10.1 Å². The minimum absolute atomic E-state index is 0.540. The fourth-order valence-corrected chi connectivity index (χ4v) is 2.21. The Bertz CT molecular complexity index is 707. The number of rotatable bonds is 2.